The molecule has 0 amide bonds. The lowest BCUT2D eigenvalue weighted by Gasteiger charge is -2.54. The molecule has 0 bridgehead atoms. The molecule has 1 aliphatic heterocycles. The summed E-state index contributed by atoms with van der Waals surface area (Å²) in [7, 11) is 0. The van der Waals surface area contributed by atoms with E-state index in [4.69, 9.17) is 4.74 Å². The Morgan fingerprint density at radius 3 is 2.23 bits per heavy atom. The maximum absolute atomic E-state index is 12.8. The summed E-state index contributed by atoms with van der Waals surface area (Å²) in [6.45, 7) is 14.7. The summed E-state index contributed by atoms with van der Waals surface area (Å²) in [4.78, 5) is 12.8. The van der Waals surface area contributed by atoms with Crippen LogP contribution in [0.4, 0.5) is 0 Å². The Balaban J connectivity index is 1.62. The molecule has 1 saturated heterocycles. The van der Waals surface area contributed by atoms with Crippen LogP contribution in [0.1, 0.15) is 106 Å². The van der Waals surface area contributed by atoms with Crippen LogP contribution in [0.5, 0.6) is 0 Å². The number of rotatable bonds is 4. The Bertz CT molecular complexity index is 853. The van der Waals surface area contributed by atoms with E-state index >= 15 is 0 Å². The van der Waals surface area contributed by atoms with Crippen LogP contribution in [0.25, 0.3) is 0 Å². The maximum Gasteiger partial charge on any atom is 0.164 e. The van der Waals surface area contributed by atoms with Crippen molar-refractivity contribution in [3.63, 3.8) is 0 Å². The van der Waals surface area contributed by atoms with E-state index in [9.17, 15) is 20.1 Å². The van der Waals surface area contributed by atoms with Crippen LogP contribution in [0.2, 0.25) is 0 Å². The number of hydrogen-bond acceptors (Lipinski definition) is 5. The summed E-state index contributed by atoms with van der Waals surface area (Å²) >= 11 is 0. The molecule has 0 radical (unpaired) electrons. The highest BCUT2D eigenvalue weighted by atomic mass is 16.5. The van der Waals surface area contributed by atoms with Crippen LogP contribution in [-0.2, 0) is 9.53 Å². The van der Waals surface area contributed by atoms with Crippen LogP contribution in [-0.4, -0.2) is 50.6 Å². The van der Waals surface area contributed by atoms with Crippen LogP contribution in [0.3, 0.4) is 0 Å². The molecule has 200 valence electrons. The summed E-state index contributed by atoms with van der Waals surface area (Å²) in [5.74, 6) is 0.976. The summed E-state index contributed by atoms with van der Waals surface area (Å²) in [5, 5.41) is 33.1. The minimum absolute atomic E-state index is 0.0110. The highest BCUT2D eigenvalue weighted by Crippen LogP contribution is 2.59. The van der Waals surface area contributed by atoms with Gasteiger partial charge in [0.1, 0.15) is 5.60 Å². The molecule has 0 aromatic heterocycles. The van der Waals surface area contributed by atoms with Crippen LogP contribution in [0, 0.1) is 34.5 Å². The average molecular weight is 491 g/mol. The van der Waals surface area contributed by atoms with Gasteiger partial charge in [0, 0.05) is 6.42 Å². The van der Waals surface area contributed by atoms with E-state index < -0.39 is 16.8 Å². The molecule has 3 aliphatic carbocycles. The van der Waals surface area contributed by atoms with Gasteiger partial charge in [-0.15, -0.1) is 0 Å². The Kier molecular flexibility index (Phi) is 6.96. The molecule has 0 aromatic rings. The molecule has 1 heterocycles. The number of fused-ring (bicyclic) bond motifs is 2. The van der Waals surface area contributed by atoms with Crippen molar-refractivity contribution < 1.29 is 24.9 Å². The molecule has 8 atom stereocenters. The molecular weight excluding hydrogens is 440 g/mol. The third-order valence-electron chi connectivity index (χ3n) is 11.3. The molecule has 0 spiro atoms. The Labute approximate surface area is 212 Å². The van der Waals surface area contributed by atoms with Crippen LogP contribution < -0.4 is 0 Å². The Morgan fingerprint density at radius 1 is 0.914 bits per heavy atom. The molecule has 8 unspecified atom stereocenters. The number of aliphatic hydroxyl groups excluding tert-OH is 1. The van der Waals surface area contributed by atoms with Gasteiger partial charge in [0.2, 0.25) is 0 Å². The van der Waals surface area contributed by atoms with Gasteiger partial charge in [0.25, 0.3) is 0 Å². The number of ketones is 1. The number of Topliss-reactive ketones (excluding diaryl/α,β-unsaturated/α-hetero) is 1. The number of hydrogen-bond donors (Lipinski definition) is 3. The Morgan fingerprint density at radius 2 is 1.57 bits per heavy atom. The zero-order valence-electron chi connectivity index (χ0n) is 23.2. The number of ether oxygens (including phenoxy) is 1. The molecule has 35 heavy (non-hydrogen) atoms. The lowest BCUT2D eigenvalue weighted by Crippen LogP contribution is -2.56. The van der Waals surface area contributed by atoms with Crippen LogP contribution in [0.15, 0.2) is 11.6 Å². The third kappa shape index (κ3) is 4.57. The van der Waals surface area contributed by atoms with Gasteiger partial charge in [-0.3, -0.25) is 4.79 Å². The van der Waals surface area contributed by atoms with Crippen molar-refractivity contribution in [1.29, 1.82) is 0 Å². The van der Waals surface area contributed by atoms with E-state index in [1.807, 2.05) is 27.7 Å². The van der Waals surface area contributed by atoms with Crippen molar-refractivity contribution >= 4 is 5.78 Å². The second kappa shape index (κ2) is 8.92. The van der Waals surface area contributed by atoms with Crippen molar-refractivity contribution in [2.24, 2.45) is 34.5 Å². The van der Waals surface area contributed by atoms with Crippen molar-refractivity contribution in [2.45, 2.75) is 129 Å². The highest BCUT2D eigenvalue weighted by Gasteiger charge is 2.58. The van der Waals surface area contributed by atoms with E-state index in [1.54, 1.807) is 0 Å². The maximum atomic E-state index is 12.8. The van der Waals surface area contributed by atoms with Gasteiger partial charge in [-0.05, 0) is 119 Å². The predicted molar refractivity (Wildman–Crippen MR) is 138 cm³/mol. The van der Waals surface area contributed by atoms with Crippen LogP contribution >= 0.6 is 0 Å². The first kappa shape index (κ1) is 27.3. The third-order valence-corrected chi connectivity index (χ3v) is 11.3. The van der Waals surface area contributed by atoms with Gasteiger partial charge in [-0.25, -0.2) is 0 Å². The largest absolute Gasteiger partial charge is 0.392 e. The molecule has 2 saturated carbocycles. The molecule has 3 fully saturated rings. The van der Waals surface area contributed by atoms with E-state index in [-0.39, 0.29) is 47.1 Å². The summed E-state index contributed by atoms with van der Waals surface area (Å²) in [6, 6.07) is 0. The van der Waals surface area contributed by atoms with Gasteiger partial charge < -0.3 is 20.1 Å². The summed E-state index contributed by atoms with van der Waals surface area (Å²) < 4.78 is 6.48. The smallest absolute Gasteiger partial charge is 0.164 e. The first-order valence-corrected chi connectivity index (χ1v) is 14.0. The fraction of sp³-hybridized carbons (Fsp3) is 0.900. The minimum atomic E-state index is -0.816. The average Bonchev–Trinajstić information content (AvgIpc) is 2.96. The van der Waals surface area contributed by atoms with Gasteiger partial charge in [0.15, 0.2) is 5.78 Å². The second-order valence-corrected chi connectivity index (χ2v) is 14.2. The number of allylic oxidation sites excluding steroid dienone is 1. The fourth-order valence-corrected chi connectivity index (χ4v) is 8.94. The number of aliphatic hydroxyl groups is 3. The second-order valence-electron chi connectivity index (χ2n) is 14.2. The molecular formula is C30H50O5. The van der Waals surface area contributed by atoms with Crippen molar-refractivity contribution in [3.05, 3.63) is 11.6 Å². The molecule has 5 nitrogen and oxygen atoms in total. The highest BCUT2D eigenvalue weighted by molar-refractivity contribution is 5.86. The predicted octanol–water partition coefficient (Wildman–Crippen LogP) is 5.20. The van der Waals surface area contributed by atoms with Crippen molar-refractivity contribution in [3.8, 4) is 0 Å². The van der Waals surface area contributed by atoms with Gasteiger partial charge in [-0.1, -0.05) is 26.8 Å². The van der Waals surface area contributed by atoms with E-state index in [0.717, 1.165) is 50.5 Å². The van der Waals surface area contributed by atoms with E-state index in [2.05, 4.69) is 26.8 Å². The topological polar surface area (TPSA) is 87.0 Å². The van der Waals surface area contributed by atoms with Crippen molar-refractivity contribution in [2.75, 3.05) is 6.61 Å². The zero-order valence-corrected chi connectivity index (χ0v) is 23.2. The minimum Gasteiger partial charge on any atom is -0.392 e. The number of carbonyl (C=O) groups is 1. The van der Waals surface area contributed by atoms with Gasteiger partial charge in [0.05, 0.1) is 23.9 Å². The first-order valence-electron chi connectivity index (χ1n) is 14.0. The first-order chi connectivity index (χ1) is 16.1. The summed E-state index contributed by atoms with van der Waals surface area (Å²) in [5.41, 5.74) is -1.49. The molecule has 0 aromatic carbocycles. The monoisotopic (exact) mass is 490 g/mol. The molecule has 4 aliphatic rings. The number of carbonyl (C=O) groups excluding carboxylic acids is 1. The van der Waals surface area contributed by atoms with E-state index in [1.165, 1.54) is 0 Å². The lowest BCUT2D eigenvalue weighted by molar-refractivity contribution is -0.196. The van der Waals surface area contributed by atoms with Gasteiger partial charge >= 0.3 is 0 Å². The summed E-state index contributed by atoms with van der Waals surface area (Å²) in [6.07, 6.45) is 9.21. The SMILES string of the molecule is CC1(C)OC2CCC(C)(O)C(CCC3C(CO)=CCC4C(CCC4(C)O)C3(C)C)C2(C)CCC1=O. The van der Waals surface area contributed by atoms with E-state index in [0.29, 0.717) is 18.8 Å². The molecule has 5 heteroatoms. The lowest BCUT2D eigenvalue weighted by atomic mass is 9.55. The molecule has 3 N–H and O–H groups in total. The Hall–Kier alpha value is -0.750. The fourth-order valence-electron chi connectivity index (χ4n) is 8.94. The molecule has 4 rings (SSSR count). The van der Waals surface area contributed by atoms with Crippen molar-refractivity contribution in [1.82, 2.24) is 0 Å². The normalized spacial score (nSPS) is 47.3. The standard InChI is InChI=1S/C30H50O5/c1-26(2)20(19(18-31)8-9-22-21(26)12-16-29(22,6)33)10-11-23-28(5)15-13-24(32)27(3,4)35-25(28)14-17-30(23,7)34/h8,20-23,25,31,33-34H,9-18H2,1-7H3. The zero-order chi connectivity index (χ0) is 26.0. The quantitative estimate of drug-likeness (QED) is 0.471. The van der Waals surface area contributed by atoms with Gasteiger partial charge in [-0.2, -0.15) is 0 Å².